The molecule has 2 aliphatic rings. The minimum absolute atomic E-state index is 0.0945. The number of nitrogens with one attached hydrogen (secondary N) is 1. The van der Waals surface area contributed by atoms with E-state index in [9.17, 15) is 4.79 Å². The summed E-state index contributed by atoms with van der Waals surface area (Å²) in [5.41, 5.74) is 4.19. The van der Waals surface area contributed by atoms with Crippen LogP contribution in [0.5, 0.6) is 0 Å². The van der Waals surface area contributed by atoms with Gasteiger partial charge in [-0.15, -0.1) is 0 Å². The van der Waals surface area contributed by atoms with Crippen molar-refractivity contribution in [1.82, 2.24) is 0 Å². The zero-order valence-corrected chi connectivity index (χ0v) is 13.5. The third kappa shape index (κ3) is 1.88. The molecule has 2 saturated carbocycles. The highest BCUT2D eigenvalue weighted by Crippen LogP contribution is 2.65. The summed E-state index contributed by atoms with van der Waals surface area (Å²) in [7, 11) is 0. The normalized spacial score (nSPS) is 29.7. The van der Waals surface area contributed by atoms with Gasteiger partial charge in [-0.3, -0.25) is 4.79 Å². The van der Waals surface area contributed by atoms with Crippen LogP contribution in [0.4, 0.5) is 5.69 Å². The smallest absolute Gasteiger partial charge is 0.234 e. The summed E-state index contributed by atoms with van der Waals surface area (Å²) in [6, 6.07) is 6.07. The molecule has 2 atom stereocenters. The van der Waals surface area contributed by atoms with Crippen LogP contribution in [-0.4, -0.2) is 5.91 Å². The molecule has 2 aliphatic carbocycles. The number of fused-ring (bicyclic) bond motifs is 2. The van der Waals surface area contributed by atoms with Crippen LogP contribution in [0.1, 0.15) is 44.2 Å². The highest BCUT2D eigenvalue weighted by atomic mass is 16.2. The Morgan fingerprint density at radius 3 is 2.67 bits per heavy atom. The molecule has 21 heavy (non-hydrogen) atoms. The monoisotopic (exact) mass is 283 g/mol. The molecule has 1 aromatic carbocycles. The molecule has 2 heteroatoms. The Labute approximate surface area is 127 Å². The lowest BCUT2D eigenvalue weighted by molar-refractivity contribution is -0.123. The van der Waals surface area contributed by atoms with Crippen molar-refractivity contribution in [2.24, 2.45) is 16.7 Å². The van der Waals surface area contributed by atoms with Crippen molar-refractivity contribution in [1.29, 1.82) is 0 Å². The molecule has 0 radical (unpaired) electrons. The second-order valence-corrected chi connectivity index (χ2v) is 7.42. The van der Waals surface area contributed by atoms with Crippen molar-refractivity contribution in [3.63, 3.8) is 0 Å². The van der Waals surface area contributed by atoms with Gasteiger partial charge < -0.3 is 5.32 Å². The quantitative estimate of drug-likeness (QED) is 0.788. The first-order chi connectivity index (χ1) is 9.79. The number of benzene rings is 1. The molecule has 0 unspecified atom stereocenters. The molecule has 0 heterocycles. The Kier molecular flexibility index (Phi) is 3.05. The maximum absolute atomic E-state index is 13.0. The maximum atomic E-state index is 13.0. The predicted molar refractivity (Wildman–Crippen MR) is 87.2 cm³/mol. The van der Waals surface area contributed by atoms with Crippen molar-refractivity contribution >= 4 is 11.6 Å². The van der Waals surface area contributed by atoms with Gasteiger partial charge in [-0.1, -0.05) is 38.1 Å². The first kappa shape index (κ1) is 14.4. The molecule has 1 amide bonds. The molecule has 3 rings (SSSR count). The van der Waals surface area contributed by atoms with Crippen LogP contribution in [0.2, 0.25) is 0 Å². The predicted octanol–water partition coefficient (Wildman–Crippen LogP) is 4.62. The highest BCUT2D eigenvalue weighted by Gasteiger charge is 2.60. The summed E-state index contributed by atoms with van der Waals surface area (Å²) >= 11 is 0. The zero-order chi connectivity index (χ0) is 15.4. The molecule has 0 spiro atoms. The number of carbonyl (C=O) groups is 1. The second-order valence-electron chi connectivity index (χ2n) is 7.42. The molecule has 112 valence electrons. The third-order valence-electron chi connectivity index (χ3n) is 6.18. The Balaban J connectivity index is 1.90. The van der Waals surface area contributed by atoms with E-state index in [0.717, 1.165) is 36.1 Å². The minimum Gasteiger partial charge on any atom is -0.325 e. The second kappa shape index (κ2) is 4.46. The summed E-state index contributed by atoms with van der Waals surface area (Å²) < 4.78 is 0. The van der Waals surface area contributed by atoms with Gasteiger partial charge in [0.2, 0.25) is 5.91 Å². The Morgan fingerprint density at radius 2 is 2.05 bits per heavy atom. The van der Waals surface area contributed by atoms with Gasteiger partial charge in [-0.05, 0) is 61.6 Å². The first-order valence-electron chi connectivity index (χ1n) is 7.86. The lowest BCUT2D eigenvalue weighted by atomic mass is 9.68. The summed E-state index contributed by atoms with van der Waals surface area (Å²) in [4.78, 5) is 13.0. The molecule has 0 aromatic heterocycles. The lowest BCUT2D eigenvalue weighted by Crippen LogP contribution is -2.37. The number of rotatable bonds is 2. The molecular formula is C19H25NO. The van der Waals surface area contributed by atoms with Gasteiger partial charge in [0.25, 0.3) is 0 Å². The maximum Gasteiger partial charge on any atom is 0.234 e. The summed E-state index contributed by atoms with van der Waals surface area (Å²) in [5, 5.41) is 3.18. The van der Waals surface area contributed by atoms with Crippen LogP contribution in [0.3, 0.4) is 0 Å². The summed E-state index contributed by atoms with van der Waals surface area (Å²) in [6.07, 6.45) is 3.07. The number of amides is 1. The number of carbonyl (C=O) groups excluding carboxylic acids is 1. The average molecular weight is 283 g/mol. The van der Waals surface area contributed by atoms with Crippen LogP contribution in [0.15, 0.2) is 30.4 Å². The summed E-state index contributed by atoms with van der Waals surface area (Å²) in [5.74, 6) is 0.753. The van der Waals surface area contributed by atoms with Gasteiger partial charge >= 0.3 is 0 Å². The van der Waals surface area contributed by atoms with Gasteiger partial charge in [0.15, 0.2) is 0 Å². The Morgan fingerprint density at radius 1 is 1.33 bits per heavy atom. The molecular weight excluding hydrogens is 258 g/mol. The lowest BCUT2D eigenvalue weighted by Gasteiger charge is -2.37. The van der Waals surface area contributed by atoms with E-state index >= 15 is 0 Å². The van der Waals surface area contributed by atoms with Gasteiger partial charge in [0.1, 0.15) is 0 Å². The van der Waals surface area contributed by atoms with Gasteiger partial charge in [-0.2, -0.15) is 0 Å². The standard InChI is InChI=1S/C19H25NO/c1-12-7-6-8-16(13(12)2)20-17(21)19-10-9-15(11-19)18(4,5)14(19)3/h6-8,15H,3,9-11H2,1-2,4-5H3,(H,20,21)/t15-,19-/m0/s1. The molecule has 0 aliphatic heterocycles. The molecule has 1 N–H and O–H groups in total. The SMILES string of the molecule is C=C1C(C)(C)[C@H]2CC[C@]1(C(=O)Nc1cccc(C)c1C)C2. The third-order valence-corrected chi connectivity index (χ3v) is 6.18. The number of hydrogen-bond acceptors (Lipinski definition) is 1. The first-order valence-corrected chi connectivity index (χ1v) is 7.86. The van der Waals surface area contributed by atoms with E-state index in [-0.39, 0.29) is 16.7 Å². The van der Waals surface area contributed by atoms with Crippen molar-refractivity contribution < 1.29 is 4.79 Å². The highest BCUT2D eigenvalue weighted by molar-refractivity contribution is 5.99. The largest absolute Gasteiger partial charge is 0.325 e. The van der Waals surface area contributed by atoms with Crippen LogP contribution in [-0.2, 0) is 4.79 Å². The van der Waals surface area contributed by atoms with Crippen LogP contribution in [0, 0.1) is 30.6 Å². The van der Waals surface area contributed by atoms with E-state index < -0.39 is 0 Å². The van der Waals surface area contributed by atoms with E-state index in [0.29, 0.717) is 5.92 Å². The molecule has 2 bridgehead atoms. The van der Waals surface area contributed by atoms with Crippen molar-refractivity contribution in [2.45, 2.75) is 47.0 Å². The number of anilines is 1. The van der Waals surface area contributed by atoms with Gasteiger partial charge in [-0.25, -0.2) is 0 Å². The van der Waals surface area contributed by atoms with Crippen molar-refractivity contribution in [2.75, 3.05) is 5.32 Å². The van der Waals surface area contributed by atoms with Crippen molar-refractivity contribution in [3.05, 3.63) is 41.5 Å². The van der Waals surface area contributed by atoms with E-state index in [1.54, 1.807) is 0 Å². The Bertz CT molecular complexity index is 628. The topological polar surface area (TPSA) is 29.1 Å². The fourth-order valence-corrected chi connectivity index (χ4v) is 4.27. The van der Waals surface area contributed by atoms with Gasteiger partial charge in [0.05, 0.1) is 5.41 Å². The molecule has 2 nitrogen and oxygen atoms in total. The zero-order valence-electron chi connectivity index (χ0n) is 13.5. The van der Waals surface area contributed by atoms with E-state index in [4.69, 9.17) is 0 Å². The van der Waals surface area contributed by atoms with Crippen molar-refractivity contribution in [3.8, 4) is 0 Å². The fraction of sp³-hybridized carbons (Fsp3) is 0.526. The minimum atomic E-state index is -0.343. The van der Waals surface area contributed by atoms with E-state index in [1.165, 1.54) is 5.56 Å². The molecule has 2 fully saturated rings. The Hall–Kier alpha value is -1.57. The van der Waals surface area contributed by atoms with Crippen LogP contribution >= 0.6 is 0 Å². The average Bonchev–Trinajstić information content (AvgIpc) is 2.96. The number of hydrogen-bond donors (Lipinski definition) is 1. The van der Waals surface area contributed by atoms with Crippen LogP contribution in [0.25, 0.3) is 0 Å². The van der Waals surface area contributed by atoms with Gasteiger partial charge in [0, 0.05) is 5.69 Å². The molecule has 1 aromatic rings. The summed E-state index contributed by atoms with van der Waals surface area (Å²) in [6.45, 7) is 12.9. The van der Waals surface area contributed by atoms with E-state index in [2.05, 4.69) is 45.7 Å². The fourth-order valence-electron chi connectivity index (χ4n) is 4.27. The number of aryl methyl sites for hydroxylation is 1. The molecule has 0 saturated heterocycles. The van der Waals surface area contributed by atoms with Crippen LogP contribution < -0.4 is 5.32 Å². The van der Waals surface area contributed by atoms with E-state index in [1.807, 2.05) is 12.1 Å².